The van der Waals surface area contributed by atoms with Crippen molar-refractivity contribution in [2.45, 2.75) is 20.3 Å². The van der Waals surface area contributed by atoms with Gasteiger partial charge in [0.05, 0.1) is 24.2 Å². The van der Waals surface area contributed by atoms with Gasteiger partial charge in [0, 0.05) is 17.5 Å². The highest BCUT2D eigenvalue weighted by molar-refractivity contribution is 6.18. The van der Waals surface area contributed by atoms with Crippen LogP contribution in [0.4, 0.5) is 5.69 Å². The number of nitro groups is 1. The fraction of sp³-hybridized carbons (Fsp3) is 0.316. The highest BCUT2D eigenvalue weighted by Gasteiger charge is 2.25. The second kappa shape index (κ2) is 9.20. The third-order valence-corrected chi connectivity index (χ3v) is 3.89. The van der Waals surface area contributed by atoms with Crippen molar-refractivity contribution in [1.29, 1.82) is 0 Å². The summed E-state index contributed by atoms with van der Waals surface area (Å²) in [6.07, 6.45) is 0.688. The Labute approximate surface area is 156 Å². The Bertz CT molecular complexity index is 789. The number of nitro benzene ring substituents is 1. The summed E-state index contributed by atoms with van der Waals surface area (Å²) in [6.45, 7) is 4.22. The SMILES string of the molecule is CCOc1cc(C(=O)c2ccc(CCCl)cc2)c([N+](=O)[O-])cc1OCC. The summed E-state index contributed by atoms with van der Waals surface area (Å²) < 4.78 is 10.9. The van der Waals surface area contributed by atoms with Gasteiger partial charge in [0.1, 0.15) is 5.56 Å². The minimum Gasteiger partial charge on any atom is -0.490 e. The number of ether oxygens (including phenoxy) is 2. The molecule has 0 spiro atoms. The van der Waals surface area contributed by atoms with Gasteiger partial charge in [0.25, 0.3) is 5.69 Å². The molecular formula is C19H20ClNO5. The van der Waals surface area contributed by atoms with E-state index in [2.05, 4.69) is 0 Å². The number of alkyl halides is 1. The van der Waals surface area contributed by atoms with Crippen molar-refractivity contribution < 1.29 is 19.2 Å². The second-order valence-electron chi connectivity index (χ2n) is 5.40. The molecule has 2 aromatic rings. The summed E-state index contributed by atoms with van der Waals surface area (Å²) in [6, 6.07) is 9.49. The molecule has 26 heavy (non-hydrogen) atoms. The lowest BCUT2D eigenvalue weighted by molar-refractivity contribution is -0.385. The standard InChI is InChI=1S/C19H20ClNO5/c1-3-25-17-11-15(16(21(23)24)12-18(17)26-4-2)19(22)14-7-5-13(6-8-14)9-10-20/h5-8,11-12H,3-4,9-10H2,1-2H3. The van der Waals surface area contributed by atoms with Crippen molar-refractivity contribution in [3.63, 3.8) is 0 Å². The summed E-state index contributed by atoms with van der Waals surface area (Å²) in [5.41, 5.74) is 1.00. The van der Waals surface area contributed by atoms with E-state index in [4.69, 9.17) is 21.1 Å². The predicted octanol–water partition coefficient (Wildman–Crippen LogP) is 4.40. The molecular weight excluding hydrogens is 358 g/mol. The molecule has 2 aromatic carbocycles. The maximum Gasteiger partial charge on any atom is 0.284 e. The van der Waals surface area contributed by atoms with Crippen molar-refractivity contribution >= 4 is 23.1 Å². The molecule has 2 rings (SSSR count). The van der Waals surface area contributed by atoms with Crippen LogP contribution >= 0.6 is 11.6 Å². The average Bonchev–Trinajstić information content (AvgIpc) is 2.63. The lowest BCUT2D eigenvalue weighted by Crippen LogP contribution is -2.08. The molecule has 0 saturated heterocycles. The Morgan fingerprint density at radius 1 is 1.08 bits per heavy atom. The van der Waals surface area contributed by atoms with Crippen LogP contribution in [-0.4, -0.2) is 29.8 Å². The van der Waals surface area contributed by atoms with E-state index in [0.29, 0.717) is 36.8 Å². The first-order chi connectivity index (χ1) is 12.5. The maximum atomic E-state index is 12.8. The topological polar surface area (TPSA) is 78.7 Å². The molecule has 0 aliphatic rings. The highest BCUT2D eigenvalue weighted by atomic mass is 35.5. The quantitative estimate of drug-likeness (QED) is 0.280. The normalized spacial score (nSPS) is 10.4. The Kier molecular flexibility index (Phi) is 6.97. The van der Waals surface area contributed by atoms with E-state index in [9.17, 15) is 14.9 Å². The van der Waals surface area contributed by atoms with Crippen molar-refractivity contribution in [2.24, 2.45) is 0 Å². The minimum atomic E-state index is -0.590. The van der Waals surface area contributed by atoms with E-state index in [0.717, 1.165) is 5.56 Å². The Morgan fingerprint density at radius 2 is 1.65 bits per heavy atom. The van der Waals surface area contributed by atoms with Crippen LogP contribution in [0.1, 0.15) is 35.3 Å². The Balaban J connectivity index is 2.49. The van der Waals surface area contributed by atoms with Crippen LogP contribution in [0.5, 0.6) is 11.5 Å². The summed E-state index contributed by atoms with van der Waals surface area (Å²) in [4.78, 5) is 23.7. The largest absolute Gasteiger partial charge is 0.490 e. The number of nitrogens with zero attached hydrogens (tertiary/aromatic N) is 1. The monoisotopic (exact) mass is 377 g/mol. The van der Waals surface area contributed by atoms with Crippen LogP contribution in [0.15, 0.2) is 36.4 Å². The number of carbonyl (C=O) groups excluding carboxylic acids is 1. The summed E-state index contributed by atoms with van der Waals surface area (Å²) in [7, 11) is 0. The second-order valence-corrected chi connectivity index (χ2v) is 5.78. The summed E-state index contributed by atoms with van der Waals surface area (Å²) >= 11 is 5.71. The molecule has 0 fully saturated rings. The molecule has 0 N–H and O–H groups in total. The first kappa shape index (κ1) is 19.7. The molecule has 0 amide bonds. The zero-order chi connectivity index (χ0) is 19.1. The van der Waals surface area contributed by atoms with Crippen molar-refractivity contribution in [3.05, 3.63) is 63.2 Å². The van der Waals surface area contributed by atoms with Gasteiger partial charge >= 0.3 is 0 Å². The van der Waals surface area contributed by atoms with E-state index < -0.39 is 10.7 Å². The fourth-order valence-corrected chi connectivity index (χ4v) is 2.72. The molecule has 0 aromatic heterocycles. The minimum absolute atomic E-state index is 0.0352. The molecule has 0 heterocycles. The molecule has 0 radical (unpaired) electrons. The number of rotatable bonds is 9. The number of halogens is 1. The molecule has 0 unspecified atom stereocenters. The smallest absolute Gasteiger partial charge is 0.284 e. The van der Waals surface area contributed by atoms with E-state index in [1.54, 1.807) is 38.1 Å². The van der Waals surface area contributed by atoms with Crippen LogP contribution in [0.2, 0.25) is 0 Å². The molecule has 0 atom stereocenters. The van der Waals surface area contributed by atoms with Gasteiger partial charge < -0.3 is 9.47 Å². The number of benzene rings is 2. The maximum absolute atomic E-state index is 12.8. The third kappa shape index (κ3) is 4.52. The lowest BCUT2D eigenvalue weighted by atomic mass is 9.99. The number of ketones is 1. The number of hydrogen-bond acceptors (Lipinski definition) is 5. The number of aryl methyl sites for hydroxylation is 1. The average molecular weight is 378 g/mol. The van der Waals surface area contributed by atoms with Gasteiger partial charge in [-0.25, -0.2) is 0 Å². The molecule has 0 aliphatic heterocycles. The van der Waals surface area contributed by atoms with Crippen LogP contribution in [0, 0.1) is 10.1 Å². The molecule has 0 bridgehead atoms. The number of hydrogen-bond donors (Lipinski definition) is 0. The van der Waals surface area contributed by atoms with Gasteiger partial charge in [-0.3, -0.25) is 14.9 Å². The van der Waals surface area contributed by atoms with Crippen molar-refractivity contribution in [3.8, 4) is 11.5 Å². The van der Waals surface area contributed by atoms with Crippen molar-refractivity contribution in [1.82, 2.24) is 0 Å². The van der Waals surface area contributed by atoms with Crippen LogP contribution in [0.25, 0.3) is 0 Å². The van der Waals surface area contributed by atoms with E-state index in [1.807, 2.05) is 0 Å². The van der Waals surface area contributed by atoms with E-state index in [-0.39, 0.29) is 17.0 Å². The molecule has 138 valence electrons. The Hall–Kier alpha value is -2.60. The Morgan fingerprint density at radius 3 is 2.15 bits per heavy atom. The highest BCUT2D eigenvalue weighted by Crippen LogP contribution is 2.36. The predicted molar refractivity (Wildman–Crippen MR) is 99.7 cm³/mol. The van der Waals surface area contributed by atoms with Gasteiger partial charge in [-0.2, -0.15) is 0 Å². The van der Waals surface area contributed by atoms with Crippen LogP contribution in [-0.2, 0) is 6.42 Å². The van der Waals surface area contributed by atoms with Gasteiger partial charge in [-0.1, -0.05) is 24.3 Å². The third-order valence-electron chi connectivity index (χ3n) is 3.70. The van der Waals surface area contributed by atoms with Crippen LogP contribution < -0.4 is 9.47 Å². The first-order valence-electron chi connectivity index (χ1n) is 8.29. The molecule has 6 nitrogen and oxygen atoms in total. The zero-order valence-corrected chi connectivity index (χ0v) is 15.4. The summed E-state index contributed by atoms with van der Waals surface area (Å²) in [5, 5.41) is 11.5. The van der Waals surface area contributed by atoms with Gasteiger partial charge in [-0.15, -0.1) is 11.6 Å². The van der Waals surface area contributed by atoms with E-state index in [1.165, 1.54) is 12.1 Å². The number of carbonyl (C=O) groups is 1. The first-order valence-corrected chi connectivity index (χ1v) is 8.82. The van der Waals surface area contributed by atoms with Gasteiger partial charge in [0.15, 0.2) is 17.3 Å². The van der Waals surface area contributed by atoms with Crippen LogP contribution in [0.3, 0.4) is 0 Å². The molecule has 7 heteroatoms. The van der Waals surface area contributed by atoms with Gasteiger partial charge in [-0.05, 0) is 25.8 Å². The van der Waals surface area contributed by atoms with Crippen molar-refractivity contribution in [2.75, 3.05) is 19.1 Å². The van der Waals surface area contributed by atoms with Gasteiger partial charge in [0.2, 0.25) is 0 Å². The van der Waals surface area contributed by atoms with E-state index >= 15 is 0 Å². The zero-order valence-electron chi connectivity index (χ0n) is 14.7. The molecule has 0 saturated carbocycles. The fourth-order valence-electron chi connectivity index (χ4n) is 2.51. The lowest BCUT2D eigenvalue weighted by Gasteiger charge is -2.13. The summed E-state index contributed by atoms with van der Waals surface area (Å²) in [5.74, 6) is 0.588. The molecule has 0 aliphatic carbocycles.